The maximum Gasteiger partial charge on any atom is 0.348 e. The van der Waals surface area contributed by atoms with Crippen LogP contribution >= 0.6 is 0 Å². The average molecular weight is 389 g/mol. The Hall–Kier alpha value is -3.21. The van der Waals surface area contributed by atoms with Crippen LogP contribution in [-0.2, 0) is 11.3 Å². The third-order valence-electron chi connectivity index (χ3n) is 5.16. The maximum absolute atomic E-state index is 12.7. The van der Waals surface area contributed by atoms with Gasteiger partial charge in [0.2, 0.25) is 5.91 Å². The molecule has 2 aromatic carbocycles. The van der Waals surface area contributed by atoms with Crippen molar-refractivity contribution in [3.63, 3.8) is 0 Å². The van der Waals surface area contributed by atoms with Crippen LogP contribution in [-0.4, -0.2) is 22.0 Å². The molecule has 0 fully saturated rings. The van der Waals surface area contributed by atoms with Crippen LogP contribution in [0.2, 0.25) is 0 Å². The Morgan fingerprint density at radius 1 is 1.03 bits per heavy atom. The monoisotopic (exact) mass is 389 g/mol. The number of hydrogen-bond donors (Lipinski definition) is 1. The largest absolute Gasteiger partial charge is 0.354 e. The first-order valence-electron chi connectivity index (χ1n) is 9.88. The van der Waals surface area contributed by atoms with Gasteiger partial charge >= 0.3 is 5.69 Å². The zero-order chi connectivity index (χ0) is 20.8. The smallest absolute Gasteiger partial charge is 0.348 e. The van der Waals surface area contributed by atoms with E-state index in [4.69, 9.17) is 0 Å². The van der Waals surface area contributed by atoms with Crippen molar-refractivity contribution in [1.82, 2.24) is 14.9 Å². The van der Waals surface area contributed by atoms with E-state index in [1.807, 2.05) is 43.3 Å². The lowest BCUT2D eigenvalue weighted by Gasteiger charge is -2.20. The van der Waals surface area contributed by atoms with Gasteiger partial charge in [-0.25, -0.2) is 4.79 Å². The first kappa shape index (κ1) is 20.5. The quantitative estimate of drug-likeness (QED) is 0.673. The number of aromatic nitrogens is 2. The molecule has 0 saturated heterocycles. The molecule has 3 rings (SSSR count). The van der Waals surface area contributed by atoms with Gasteiger partial charge in [0.15, 0.2) is 0 Å². The van der Waals surface area contributed by atoms with Crippen LogP contribution in [0.25, 0.3) is 0 Å². The molecule has 0 aliphatic heterocycles. The summed E-state index contributed by atoms with van der Waals surface area (Å²) in [5.74, 6) is -0.0456. The average Bonchev–Trinajstić information content (AvgIpc) is 2.69. The highest BCUT2D eigenvalue weighted by atomic mass is 16.2. The Balaban J connectivity index is 1.70. The molecule has 1 heterocycles. The second kappa shape index (κ2) is 9.32. The highest BCUT2D eigenvalue weighted by molar-refractivity contribution is 5.77. The molecular formula is C24H27N3O2. The second-order valence-corrected chi connectivity index (χ2v) is 7.35. The number of aryl methyl sites for hydroxylation is 3. The molecule has 1 N–H and O–H groups in total. The summed E-state index contributed by atoms with van der Waals surface area (Å²) in [5, 5.41) is 2.96. The molecule has 0 spiro atoms. The van der Waals surface area contributed by atoms with Gasteiger partial charge in [0.1, 0.15) is 0 Å². The molecule has 5 nitrogen and oxygen atoms in total. The molecule has 3 aromatic rings. The first-order valence-corrected chi connectivity index (χ1v) is 9.88. The lowest BCUT2D eigenvalue weighted by molar-refractivity contribution is -0.121. The number of carbonyl (C=O) groups excluding carboxylic acids is 1. The van der Waals surface area contributed by atoms with Crippen molar-refractivity contribution in [2.24, 2.45) is 0 Å². The summed E-state index contributed by atoms with van der Waals surface area (Å²) in [7, 11) is 0. The fourth-order valence-corrected chi connectivity index (χ4v) is 3.68. The molecule has 1 unspecified atom stereocenters. The van der Waals surface area contributed by atoms with Gasteiger partial charge in [-0.2, -0.15) is 4.98 Å². The summed E-state index contributed by atoms with van der Waals surface area (Å²) in [6.45, 7) is 6.55. The lowest BCUT2D eigenvalue weighted by Crippen LogP contribution is -2.33. The molecule has 0 radical (unpaired) electrons. The van der Waals surface area contributed by atoms with Crippen molar-refractivity contribution in [3.8, 4) is 0 Å². The lowest BCUT2D eigenvalue weighted by atomic mass is 9.86. The minimum Gasteiger partial charge on any atom is -0.354 e. The Kier molecular flexibility index (Phi) is 6.60. The van der Waals surface area contributed by atoms with Crippen molar-refractivity contribution < 1.29 is 4.79 Å². The molecule has 5 heteroatoms. The third kappa shape index (κ3) is 5.19. The summed E-state index contributed by atoms with van der Waals surface area (Å²) in [6, 6.07) is 20.1. The van der Waals surface area contributed by atoms with Crippen molar-refractivity contribution in [1.29, 1.82) is 0 Å². The number of amides is 1. The van der Waals surface area contributed by atoms with Crippen molar-refractivity contribution in [2.75, 3.05) is 6.54 Å². The number of nitrogens with one attached hydrogen (secondary N) is 1. The van der Waals surface area contributed by atoms with Crippen molar-refractivity contribution in [3.05, 3.63) is 99.2 Å². The van der Waals surface area contributed by atoms with Gasteiger partial charge in [0.25, 0.3) is 0 Å². The molecule has 150 valence electrons. The molecule has 29 heavy (non-hydrogen) atoms. The SMILES string of the molecule is Cc1cc(C)n(CCNC(=O)CC(c2ccccc2)c2ccccc2C)c(=O)n1. The number of benzene rings is 2. The van der Waals surface area contributed by atoms with Gasteiger partial charge in [0.05, 0.1) is 0 Å². The minimum absolute atomic E-state index is 0.0112. The van der Waals surface area contributed by atoms with E-state index in [1.165, 1.54) is 5.56 Å². The molecule has 1 atom stereocenters. The zero-order valence-electron chi connectivity index (χ0n) is 17.2. The normalized spacial score (nSPS) is 11.8. The topological polar surface area (TPSA) is 64.0 Å². The number of carbonyl (C=O) groups is 1. The molecule has 0 saturated carbocycles. The van der Waals surface area contributed by atoms with Gasteiger partial charge in [-0.3, -0.25) is 9.36 Å². The molecule has 0 bridgehead atoms. The van der Waals surface area contributed by atoms with E-state index < -0.39 is 0 Å². The predicted molar refractivity (Wildman–Crippen MR) is 115 cm³/mol. The van der Waals surface area contributed by atoms with Gasteiger partial charge < -0.3 is 5.32 Å². The van der Waals surface area contributed by atoms with Crippen LogP contribution in [0.15, 0.2) is 65.5 Å². The molecule has 0 aliphatic carbocycles. The van der Waals surface area contributed by atoms with E-state index in [2.05, 4.69) is 41.5 Å². The van der Waals surface area contributed by atoms with Gasteiger partial charge in [0, 0.05) is 36.8 Å². The number of hydrogen-bond acceptors (Lipinski definition) is 3. The van der Waals surface area contributed by atoms with Crippen LogP contribution in [0.3, 0.4) is 0 Å². The van der Waals surface area contributed by atoms with E-state index in [0.717, 1.165) is 16.8 Å². The van der Waals surface area contributed by atoms with E-state index in [9.17, 15) is 9.59 Å². The molecule has 1 aromatic heterocycles. The van der Waals surface area contributed by atoms with Crippen molar-refractivity contribution in [2.45, 2.75) is 39.7 Å². The second-order valence-electron chi connectivity index (χ2n) is 7.35. The van der Waals surface area contributed by atoms with Crippen LogP contribution in [0.4, 0.5) is 0 Å². The van der Waals surface area contributed by atoms with Gasteiger partial charge in [-0.05, 0) is 43.5 Å². The number of rotatable bonds is 7. The molecular weight excluding hydrogens is 362 g/mol. The Morgan fingerprint density at radius 3 is 2.41 bits per heavy atom. The van der Waals surface area contributed by atoms with Crippen LogP contribution < -0.4 is 11.0 Å². The van der Waals surface area contributed by atoms with E-state index >= 15 is 0 Å². The predicted octanol–water partition coefficient (Wildman–Crippen LogP) is 3.51. The molecule has 0 aliphatic rings. The fraction of sp³-hybridized carbons (Fsp3) is 0.292. The summed E-state index contributed by atoms with van der Waals surface area (Å²) in [4.78, 5) is 28.7. The summed E-state index contributed by atoms with van der Waals surface area (Å²) in [5.41, 5.74) is 4.71. The van der Waals surface area contributed by atoms with Gasteiger partial charge in [-0.1, -0.05) is 54.6 Å². The maximum atomic E-state index is 12.7. The van der Waals surface area contributed by atoms with E-state index in [-0.39, 0.29) is 17.5 Å². The third-order valence-corrected chi connectivity index (χ3v) is 5.16. The first-order chi connectivity index (χ1) is 14.0. The Bertz CT molecular complexity index is 1040. The van der Waals surface area contributed by atoms with Crippen LogP contribution in [0, 0.1) is 20.8 Å². The van der Waals surface area contributed by atoms with Crippen LogP contribution in [0.1, 0.15) is 40.4 Å². The molecule has 1 amide bonds. The fourth-order valence-electron chi connectivity index (χ4n) is 3.68. The zero-order valence-corrected chi connectivity index (χ0v) is 17.2. The van der Waals surface area contributed by atoms with Crippen LogP contribution in [0.5, 0.6) is 0 Å². The summed E-state index contributed by atoms with van der Waals surface area (Å²) in [6.07, 6.45) is 0.356. The number of nitrogens with zero attached hydrogens (tertiary/aromatic N) is 2. The highest BCUT2D eigenvalue weighted by Gasteiger charge is 2.19. The minimum atomic E-state index is -0.279. The standard InChI is InChI=1S/C24H27N3O2/c1-17-9-7-8-12-21(17)22(20-10-5-4-6-11-20)16-23(28)25-13-14-27-19(3)15-18(2)26-24(27)29/h4-12,15,22H,13-14,16H2,1-3H3,(H,25,28). The summed E-state index contributed by atoms with van der Waals surface area (Å²) < 4.78 is 1.59. The van der Waals surface area contributed by atoms with Crippen molar-refractivity contribution >= 4 is 5.91 Å². The Morgan fingerprint density at radius 2 is 1.72 bits per heavy atom. The van der Waals surface area contributed by atoms with E-state index in [0.29, 0.717) is 25.2 Å². The summed E-state index contributed by atoms with van der Waals surface area (Å²) >= 11 is 0. The highest BCUT2D eigenvalue weighted by Crippen LogP contribution is 2.30. The van der Waals surface area contributed by atoms with E-state index in [1.54, 1.807) is 11.5 Å². The van der Waals surface area contributed by atoms with Gasteiger partial charge in [-0.15, -0.1) is 0 Å². The Labute approximate surface area is 171 Å².